The van der Waals surface area contributed by atoms with Crippen LogP contribution in [0.15, 0.2) is 36.4 Å². The smallest absolute Gasteiger partial charge is 0.341 e. The van der Waals surface area contributed by atoms with E-state index >= 15 is 0 Å². The van der Waals surface area contributed by atoms with E-state index in [0.29, 0.717) is 5.56 Å². The Hall–Kier alpha value is -2.07. The molecule has 0 aliphatic rings. The van der Waals surface area contributed by atoms with Crippen molar-refractivity contribution in [1.82, 2.24) is 0 Å². The van der Waals surface area contributed by atoms with E-state index < -0.39 is 11.8 Å². The first-order chi connectivity index (χ1) is 9.00. The van der Waals surface area contributed by atoms with E-state index in [-0.39, 0.29) is 22.1 Å². The monoisotopic (exact) mass is 280 g/mol. The van der Waals surface area contributed by atoms with Gasteiger partial charge in [-0.15, -0.1) is 0 Å². The zero-order chi connectivity index (χ0) is 14.0. The second-order valence-corrected chi connectivity index (χ2v) is 4.31. The van der Waals surface area contributed by atoms with E-state index in [0.717, 1.165) is 0 Å². The van der Waals surface area contributed by atoms with Gasteiger partial charge in [-0.2, -0.15) is 0 Å². The van der Waals surface area contributed by atoms with E-state index in [4.69, 9.17) is 21.4 Å². The molecule has 0 aliphatic heterocycles. The molecule has 2 aromatic rings. The molecule has 2 rings (SSSR count). The number of benzene rings is 2. The molecule has 0 aromatic heterocycles. The summed E-state index contributed by atoms with van der Waals surface area (Å²) < 4.78 is 19.1. The zero-order valence-corrected chi connectivity index (χ0v) is 10.7. The van der Waals surface area contributed by atoms with Crippen molar-refractivity contribution in [1.29, 1.82) is 0 Å². The number of carbonyl (C=O) groups is 1. The molecule has 2 aromatic carbocycles. The molecule has 0 unspecified atom stereocenters. The van der Waals surface area contributed by atoms with Gasteiger partial charge in [-0.1, -0.05) is 29.8 Å². The Morgan fingerprint density at radius 1 is 1.21 bits per heavy atom. The fraction of sp³-hybridized carbons (Fsp3) is 0.0714. The third kappa shape index (κ3) is 2.69. The fourth-order valence-electron chi connectivity index (χ4n) is 1.61. The van der Waals surface area contributed by atoms with Gasteiger partial charge in [0.1, 0.15) is 11.3 Å². The van der Waals surface area contributed by atoms with Crippen molar-refractivity contribution in [2.75, 3.05) is 0 Å². The number of aryl methyl sites for hydroxylation is 1. The fourth-order valence-corrected chi connectivity index (χ4v) is 1.86. The minimum Gasteiger partial charge on any atom is -0.478 e. The predicted octanol–water partition coefficient (Wildman–Crippen LogP) is 4.28. The first kappa shape index (κ1) is 13.4. The molecule has 0 saturated heterocycles. The van der Waals surface area contributed by atoms with Crippen LogP contribution >= 0.6 is 11.6 Å². The largest absolute Gasteiger partial charge is 0.478 e. The van der Waals surface area contributed by atoms with Gasteiger partial charge in [0.05, 0.1) is 5.02 Å². The van der Waals surface area contributed by atoms with Gasteiger partial charge in [0.15, 0.2) is 11.6 Å². The van der Waals surface area contributed by atoms with Crippen LogP contribution in [0.2, 0.25) is 5.02 Å². The molecule has 19 heavy (non-hydrogen) atoms. The molecule has 1 N–H and O–H groups in total. The van der Waals surface area contributed by atoms with E-state index in [1.807, 2.05) is 0 Å². The Morgan fingerprint density at radius 3 is 2.53 bits per heavy atom. The number of aromatic carboxylic acids is 1. The number of hydrogen-bond donors (Lipinski definition) is 1. The topological polar surface area (TPSA) is 46.5 Å². The van der Waals surface area contributed by atoms with Crippen molar-refractivity contribution in [2.24, 2.45) is 0 Å². The van der Waals surface area contributed by atoms with Gasteiger partial charge in [0.25, 0.3) is 0 Å². The minimum atomic E-state index is -1.23. The normalized spacial score (nSPS) is 10.3. The van der Waals surface area contributed by atoms with Crippen LogP contribution in [0.4, 0.5) is 4.39 Å². The highest BCUT2D eigenvalue weighted by Crippen LogP contribution is 2.32. The van der Waals surface area contributed by atoms with Gasteiger partial charge in [-0.25, -0.2) is 9.18 Å². The van der Waals surface area contributed by atoms with Crippen LogP contribution in [0.1, 0.15) is 15.9 Å². The summed E-state index contributed by atoms with van der Waals surface area (Å²) in [7, 11) is 0. The Balaban J connectivity index is 2.47. The van der Waals surface area contributed by atoms with Crippen LogP contribution in [0.5, 0.6) is 11.5 Å². The van der Waals surface area contributed by atoms with E-state index in [9.17, 15) is 9.18 Å². The van der Waals surface area contributed by atoms with Crippen LogP contribution in [0.3, 0.4) is 0 Å². The van der Waals surface area contributed by atoms with Gasteiger partial charge >= 0.3 is 5.97 Å². The molecule has 0 saturated carbocycles. The van der Waals surface area contributed by atoms with Crippen LogP contribution in [-0.2, 0) is 0 Å². The number of halogens is 2. The van der Waals surface area contributed by atoms with Crippen LogP contribution in [0, 0.1) is 12.7 Å². The van der Waals surface area contributed by atoms with Crippen LogP contribution in [0.25, 0.3) is 0 Å². The van der Waals surface area contributed by atoms with Gasteiger partial charge in [-0.3, -0.25) is 0 Å². The van der Waals surface area contributed by atoms with E-state index in [1.165, 1.54) is 24.3 Å². The highest BCUT2D eigenvalue weighted by molar-refractivity contribution is 6.33. The Labute approximate surface area is 114 Å². The summed E-state index contributed by atoms with van der Waals surface area (Å²) in [5.41, 5.74) is 0.224. The van der Waals surface area contributed by atoms with E-state index in [1.54, 1.807) is 19.1 Å². The van der Waals surface area contributed by atoms with Crippen LogP contribution < -0.4 is 4.74 Å². The van der Waals surface area contributed by atoms with Crippen LogP contribution in [-0.4, -0.2) is 11.1 Å². The van der Waals surface area contributed by atoms with Gasteiger partial charge in [0.2, 0.25) is 0 Å². The lowest BCUT2D eigenvalue weighted by Crippen LogP contribution is -2.02. The summed E-state index contributed by atoms with van der Waals surface area (Å²) in [5, 5.41) is 9.13. The molecule has 0 fully saturated rings. The molecule has 3 nitrogen and oxygen atoms in total. The second-order valence-electron chi connectivity index (χ2n) is 3.91. The summed E-state index contributed by atoms with van der Waals surface area (Å²) in [6.45, 7) is 1.60. The van der Waals surface area contributed by atoms with Crippen molar-refractivity contribution in [3.63, 3.8) is 0 Å². The summed E-state index contributed by atoms with van der Waals surface area (Å²) in [5.74, 6) is -1.79. The maximum Gasteiger partial charge on any atom is 0.341 e. The van der Waals surface area contributed by atoms with Gasteiger partial charge in [0, 0.05) is 0 Å². The van der Waals surface area contributed by atoms with Crippen molar-refractivity contribution in [2.45, 2.75) is 6.92 Å². The standard InChI is InChI=1S/C14H10ClFO3/c1-8-4-2-7-11(13(8)16)19-10-6-3-5-9(15)12(10)14(17)18/h2-7H,1H3,(H,17,18). The maximum atomic E-state index is 13.8. The second kappa shape index (κ2) is 5.28. The van der Waals surface area contributed by atoms with Crippen molar-refractivity contribution < 1.29 is 19.0 Å². The highest BCUT2D eigenvalue weighted by Gasteiger charge is 2.17. The van der Waals surface area contributed by atoms with E-state index in [2.05, 4.69) is 0 Å². The average Bonchev–Trinajstić information content (AvgIpc) is 2.34. The number of carboxylic acids is 1. The first-order valence-corrected chi connectivity index (χ1v) is 5.83. The summed E-state index contributed by atoms with van der Waals surface area (Å²) >= 11 is 5.81. The van der Waals surface area contributed by atoms with Crippen molar-refractivity contribution in [3.05, 3.63) is 58.4 Å². The number of hydrogen-bond acceptors (Lipinski definition) is 2. The third-order valence-corrected chi connectivity index (χ3v) is 2.88. The number of ether oxygens (including phenoxy) is 1. The summed E-state index contributed by atoms with van der Waals surface area (Å²) in [6, 6.07) is 9.05. The molecule has 98 valence electrons. The SMILES string of the molecule is Cc1cccc(Oc2cccc(Cl)c2C(=O)O)c1F. The Morgan fingerprint density at radius 2 is 1.84 bits per heavy atom. The highest BCUT2D eigenvalue weighted by atomic mass is 35.5. The number of carboxylic acid groups (broad SMARTS) is 1. The maximum absolute atomic E-state index is 13.8. The average molecular weight is 281 g/mol. The number of rotatable bonds is 3. The molecule has 5 heteroatoms. The summed E-state index contributed by atoms with van der Waals surface area (Å²) in [6.07, 6.45) is 0. The first-order valence-electron chi connectivity index (χ1n) is 5.45. The molecule has 0 spiro atoms. The molecular formula is C14H10ClFO3. The van der Waals surface area contributed by atoms with Gasteiger partial charge in [-0.05, 0) is 30.7 Å². The molecule has 0 atom stereocenters. The Bertz CT molecular complexity index is 641. The zero-order valence-electron chi connectivity index (χ0n) is 9.98. The molecular weight excluding hydrogens is 271 g/mol. The quantitative estimate of drug-likeness (QED) is 0.913. The molecule has 0 heterocycles. The van der Waals surface area contributed by atoms with Crippen molar-refractivity contribution >= 4 is 17.6 Å². The van der Waals surface area contributed by atoms with Crippen molar-refractivity contribution in [3.8, 4) is 11.5 Å². The summed E-state index contributed by atoms with van der Waals surface area (Å²) in [4.78, 5) is 11.1. The minimum absolute atomic E-state index is 0.00417. The lowest BCUT2D eigenvalue weighted by Gasteiger charge is -2.11. The lowest BCUT2D eigenvalue weighted by atomic mass is 10.2. The third-order valence-electron chi connectivity index (χ3n) is 2.57. The molecule has 0 amide bonds. The molecule has 0 aliphatic carbocycles. The Kier molecular flexibility index (Phi) is 3.71. The lowest BCUT2D eigenvalue weighted by molar-refractivity contribution is 0.0694. The predicted molar refractivity (Wildman–Crippen MR) is 69.6 cm³/mol. The van der Waals surface area contributed by atoms with Gasteiger partial charge < -0.3 is 9.84 Å². The molecule has 0 bridgehead atoms. The molecule has 0 radical (unpaired) electrons.